The molecule has 2 aliphatic rings. The molecule has 0 saturated carbocycles. The molecule has 2 fully saturated rings. The third-order valence-electron chi connectivity index (χ3n) is 7.30. The maximum atomic E-state index is 5.03. The zero-order valence-electron chi connectivity index (χ0n) is 18.7. The number of hydrogen-bond donors (Lipinski definition) is 2. The van der Waals surface area contributed by atoms with Crippen LogP contribution in [-0.2, 0) is 0 Å². The summed E-state index contributed by atoms with van der Waals surface area (Å²) in [7, 11) is 0. The zero-order chi connectivity index (χ0) is 22.0. The molecule has 6 rings (SSSR count). The van der Waals surface area contributed by atoms with Crippen LogP contribution in [-0.4, -0.2) is 51.3 Å². The smallest absolute Gasteiger partial charge is 0.129 e. The van der Waals surface area contributed by atoms with E-state index in [4.69, 9.17) is 4.98 Å². The van der Waals surface area contributed by atoms with Crippen LogP contribution in [0.1, 0.15) is 25.7 Å². The van der Waals surface area contributed by atoms with E-state index in [1.54, 1.807) is 6.20 Å². The molecule has 0 atom stereocenters. The van der Waals surface area contributed by atoms with E-state index in [0.29, 0.717) is 0 Å². The number of H-pyrrole nitrogens is 1. The van der Waals surface area contributed by atoms with Gasteiger partial charge >= 0.3 is 0 Å². The minimum Gasteiger partial charge on any atom is -0.357 e. The molecule has 33 heavy (non-hydrogen) atoms. The summed E-state index contributed by atoms with van der Waals surface area (Å²) in [6.07, 6.45) is 10.6. The number of rotatable bonds is 4. The van der Waals surface area contributed by atoms with Crippen molar-refractivity contribution in [2.24, 2.45) is 11.8 Å². The van der Waals surface area contributed by atoms with Gasteiger partial charge in [-0.1, -0.05) is 6.07 Å². The number of nitrogens with zero attached hydrogens (tertiary/aromatic N) is 5. The predicted octanol–water partition coefficient (Wildman–Crippen LogP) is 4.30. The number of hydrogen-bond acceptors (Lipinski definition) is 6. The van der Waals surface area contributed by atoms with E-state index in [1.807, 2.05) is 30.6 Å². The monoisotopic (exact) mass is 439 g/mol. The molecule has 0 aromatic carbocycles. The number of aromatic amines is 1. The molecule has 0 bridgehead atoms. The van der Waals surface area contributed by atoms with Crippen molar-refractivity contribution in [3.63, 3.8) is 0 Å². The number of nitrogens with one attached hydrogen (secondary N) is 2. The summed E-state index contributed by atoms with van der Waals surface area (Å²) in [5.41, 5.74) is 4.54. The third kappa shape index (κ3) is 4.09. The van der Waals surface area contributed by atoms with Crippen molar-refractivity contribution < 1.29 is 0 Å². The number of anilines is 1. The van der Waals surface area contributed by atoms with Gasteiger partial charge in [-0.05, 0) is 80.9 Å². The first-order chi connectivity index (χ1) is 16.3. The first-order valence-electron chi connectivity index (χ1n) is 12.0. The molecule has 0 spiro atoms. The minimum atomic E-state index is 0.861. The molecule has 2 aliphatic heterocycles. The Labute approximate surface area is 193 Å². The van der Waals surface area contributed by atoms with Gasteiger partial charge in [0, 0.05) is 36.4 Å². The second-order valence-corrected chi connectivity index (χ2v) is 9.22. The average molecular weight is 440 g/mol. The van der Waals surface area contributed by atoms with Crippen LogP contribution in [0.4, 0.5) is 5.82 Å². The topological polar surface area (TPSA) is 82.6 Å². The Balaban J connectivity index is 1.24. The molecule has 2 saturated heterocycles. The maximum Gasteiger partial charge on any atom is 0.129 e. The lowest BCUT2D eigenvalue weighted by Gasteiger charge is -2.38. The number of fused-ring (bicyclic) bond motifs is 1. The van der Waals surface area contributed by atoms with Crippen molar-refractivity contribution in [2.45, 2.75) is 25.7 Å². The Morgan fingerprint density at radius 2 is 1.73 bits per heavy atom. The quantitative estimate of drug-likeness (QED) is 0.493. The fourth-order valence-corrected chi connectivity index (χ4v) is 5.43. The van der Waals surface area contributed by atoms with Crippen LogP contribution in [0.3, 0.4) is 0 Å². The highest BCUT2D eigenvalue weighted by Crippen LogP contribution is 2.33. The van der Waals surface area contributed by atoms with E-state index in [-0.39, 0.29) is 0 Å². The van der Waals surface area contributed by atoms with Gasteiger partial charge in [0.2, 0.25) is 0 Å². The number of pyridine rings is 3. The first-order valence-corrected chi connectivity index (χ1v) is 12.0. The zero-order valence-corrected chi connectivity index (χ0v) is 18.7. The first kappa shape index (κ1) is 20.3. The van der Waals surface area contributed by atoms with Crippen LogP contribution in [0.2, 0.25) is 0 Å². The van der Waals surface area contributed by atoms with Gasteiger partial charge in [0.1, 0.15) is 11.5 Å². The highest BCUT2D eigenvalue weighted by molar-refractivity contribution is 5.93. The molecule has 0 aliphatic carbocycles. The summed E-state index contributed by atoms with van der Waals surface area (Å²) in [5, 5.41) is 12.2. The molecule has 2 N–H and O–H groups in total. The Kier molecular flexibility index (Phi) is 5.48. The predicted molar refractivity (Wildman–Crippen MR) is 131 cm³/mol. The molecular weight excluding hydrogens is 410 g/mol. The molecular formula is C26H29N7. The Bertz CT molecular complexity index is 1220. The average Bonchev–Trinajstić information content (AvgIpc) is 3.33. The van der Waals surface area contributed by atoms with Crippen LogP contribution >= 0.6 is 0 Å². The second-order valence-electron chi connectivity index (χ2n) is 9.22. The van der Waals surface area contributed by atoms with E-state index >= 15 is 0 Å². The third-order valence-corrected chi connectivity index (χ3v) is 7.30. The molecule has 6 heterocycles. The molecule has 4 aromatic rings. The molecule has 168 valence electrons. The van der Waals surface area contributed by atoms with Gasteiger partial charge in [-0.2, -0.15) is 5.10 Å². The second kappa shape index (κ2) is 8.90. The van der Waals surface area contributed by atoms with Crippen molar-refractivity contribution in [3.8, 4) is 22.6 Å². The van der Waals surface area contributed by atoms with Crippen LogP contribution in [0.25, 0.3) is 33.5 Å². The lowest BCUT2D eigenvalue weighted by molar-refractivity contribution is 0.222. The van der Waals surface area contributed by atoms with E-state index in [0.717, 1.165) is 64.3 Å². The van der Waals surface area contributed by atoms with E-state index in [1.165, 1.54) is 38.8 Å². The molecule has 0 unspecified atom stereocenters. The normalized spacial score (nSPS) is 18.1. The van der Waals surface area contributed by atoms with Gasteiger partial charge in [0.15, 0.2) is 0 Å². The SMILES string of the molecule is c1cncc(-c2cc3c(-c4cccc(N5CCC(C6CCNCC6)CC5)n4)n[nH]c3cn2)c1. The number of piperidine rings is 2. The van der Waals surface area contributed by atoms with Crippen LogP contribution < -0.4 is 10.2 Å². The van der Waals surface area contributed by atoms with Crippen LogP contribution in [0.5, 0.6) is 0 Å². The molecule has 7 heteroatoms. The van der Waals surface area contributed by atoms with Gasteiger partial charge < -0.3 is 10.2 Å². The Morgan fingerprint density at radius 1 is 0.879 bits per heavy atom. The summed E-state index contributed by atoms with van der Waals surface area (Å²) in [4.78, 5) is 16.3. The fourth-order valence-electron chi connectivity index (χ4n) is 5.43. The van der Waals surface area contributed by atoms with Gasteiger partial charge in [0.25, 0.3) is 0 Å². The summed E-state index contributed by atoms with van der Waals surface area (Å²) >= 11 is 0. The van der Waals surface area contributed by atoms with Crippen LogP contribution in [0.15, 0.2) is 55.0 Å². The lowest BCUT2D eigenvalue weighted by Crippen LogP contribution is -2.39. The summed E-state index contributed by atoms with van der Waals surface area (Å²) in [6, 6.07) is 12.3. The van der Waals surface area contributed by atoms with Crippen molar-refractivity contribution >= 4 is 16.7 Å². The summed E-state index contributed by atoms with van der Waals surface area (Å²) in [5.74, 6) is 2.81. The van der Waals surface area contributed by atoms with Gasteiger partial charge in [-0.3, -0.25) is 15.1 Å². The van der Waals surface area contributed by atoms with Gasteiger partial charge in [-0.15, -0.1) is 0 Å². The van der Waals surface area contributed by atoms with E-state index in [2.05, 4.69) is 48.6 Å². The lowest BCUT2D eigenvalue weighted by atomic mass is 9.79. The number of aromatic nitrogens is 5. The summed E-state index contributed by atoms with van der Waals surface area (Å²) < 4.78 is 0. The van der Waals surface area contributed by atoms with E-state index < -0.39 is 0 Å². The molecule has 4 aromatic heterocycles. The van der Waals surface area contributed by atoms with Crippen molar-refractivity contribution in [3.05, 3.63) is 55.0 Å². The summed E-state index contributed by atoms with van der Waals surface area (Å²) in [6.45, 7) is 4.54. The highest BCUT2D eigenvalue weighted by Gasteiger charge is 2.28. The van der Waals surface area contributed by atoms with Gasteiger partial charge in [0.05, 0.1) is 23.1 Å². The maximum absolute atomic E-state index is 5.03. The minimum absolute atomic E-state index is 0.861. The highest BCUT2D eigenvalue weighted by atomic mass is 15.2. The Hall–Kier alpha value is -3.32. The van der Waals surface area contributed by atoms with Gasteiger partial charge in [-0.25, -0.2) is 4.98 Å². The largest absolute Gasteiger partial charge is 0.357 e. The van der Waals surface area contributed by atoms with Crippen molar-refractivity contribution in [1.82, 2.24) is 30.5 Å². The van der Waals surface area contributed by atoms with Crippen molar-refractivity contribution in [1.29, 1.82) is 0 Å². The fraction of sp³-hybridized carbons (Fsp3) is 0.385. The van der Waals surface area contributed by atoms with Crippen molar-refractivity contribution in [2.75, 3.05) is 31.1 Å². The molecule has 0 amide bonds. The standard InChI is InChI=1S/C26H29N7/c1-4-22(26-21-15-23(20-3-2-10-28-16-20)29-17-24(21)31-32-26)30-25(5-1)33-13-8-19(9-14-33)18-6-11-27-12-7-18/h1-5,10,15-19,27H,6-9,11-14H2,(H,31,32). The Morgan fingerprint density at radius 3 is 2.55 bits per heavy atom. The van der Waals surface area contributed by atoms with E-state index in [9.17, 15) is 0 Å². The van der Waals surface area contributed by atoms with Crippen LogP contribution in [0, 0.1) is 11.8 Å². The molecule has 0 radical (unpaired) electrons. The molecule has 7 nitrogen and oxygen atoms in total.